The zero-order valence-corrected chi connectivity index (χ0v) is 11.8. The van der Waals surface area contributed by atoms with Gasteiger partial charge in [-0.15, -0.1) is 0 Å². The van der Waals surface area contributed by atoms with Crippen LogP contribution in [0.25, 0.3) is 0 Å². The lowest BCUT2D eigenvalue weighted by molar-refractivity contribution is -0.137. The molecule has 0 bridgehead atoms. The lowest BCUT2D eigenvalue weighted by Gasteiger charge is -2.12. The maximum absolute atomic E-state index is 12.6. The van der Waals surface area contributed by atoms with Gasteiger partial charge in [0, 0.05) is 9.26 Å². The molecule has 0 spiro atoms. The summed E-state index contributed by atoms with van der Waals surface area (Å²) >= 11 is 2.11. The van der Waals surface area contributed by atoms with Crippen molar-refractivity contribution in [2.24, 2.45) is 0 Å². The van der Waals surface area contributed by atoms with Crippen LogP contribution < -0.4 is 11.1 Å². The third-order valence-corrected chi connectivity index (χ3v) is 3.15. The fraction of sp³-hybridized carbons (Fsp3) is 0.0769. The number of alkyl halides is 3. The van der Waals surface area contributed by atoms with E-state index in [-0.39, 0.29) is 0 Å². The molecule has 6 heteroatoms. The molecule has 0 saturated carbocycles. The van der Waals surface area contributed by atoms with Crippen molar-refractivity contribution in [3.63, 3.8) is 0 Å². The van der Waals surface area contributed by atoms with Gasteiger partial charge in [0.15, 0.2) is 0 Å². The number of nitrogens with one attached hydrogen (secondary N) is 1. The second-order valence-corrected chi connectivity index (χ2v) is 5.18. The van der Waals surface area contributed by atoms with Crippen molar-refractivity contribution in [3.8, 4) is 0 Å². The second-order valence-electron chi connectivity index (χ2n) is 3.94. The van der Waals surface area contributed by atoms with Crippen LogP contribution in [-0.4, -0.2) is 0 Å². The number of anilines is 3. The highest BCUT2D eigenvalue weighted by Gasteiger charge is 2.30. The number of rotatable bonds is 2. The van der Waals surface area contributed by atoms with Gasteiger partial charge >= 0.3 is 6.18 Å². The van der Waals surface area contributed by atoms with Gasteiger partial charge in [0.25, 0.3) is 0 Å². The van der Waals surface area contributed by atoms with E-state index in [1.807, 2.05) is 6.07 Å². The van der Waals surface area contributed by atoms with Gasteiger partial charge in [-0.25, -0.2) is 0 Å². The topological polar surface area (TPSA) is 38.0 Å². The van der Waals surface area contributed by atoms with E-state index >= 15 is 0 Å². The Kier molecular flexibility index (Phi) is 3.88. The molecule has 2 rings (SSSR count). The first-order chi connectivity index (χ1) is 8.86. The molecule has 0 saturated heterocycles. The molecule has 0 aliphatic rings. The molecule has 0 aliphatic carbocycles. The van der Waals surface area contributed by atoms with Crippen molar-refractivity contribution in [1.29, 1.82) is 0 Å². The molecule has 0 aromatic heterocycles. The van der Waals surface area contributed by atoms with E-state index in [0.717, 1.165) is 15.7 Å². The Balaban J connectivity index is 2.29. The third kappa shape index (κ3) is 3.52. The van der Waals surface area contributed by atoms with E-state index in [0.29, 0.717) is 17.1 Å². The minimum Gasteiger partial charge on any atom is -0.397 e. The standard InChI is InChI=1S/C13H10F3IN2/c14-13(15,16)8-2-1-3-10(6-8)19-12-5-4-9(17)7-11(12)18/h1-7,19H,18H2. The maximum atomic E-state index is 12.6. The number of nitrogens with two attached hydrogens (primary N) is 1. The van der Waals surface area contributed by atoms with Crippen molar-refractivity contribution < 1.29 is 13.2 Å². The minimum atomic E-state index is -4.35. The molecule has 2 aromatic carbocycles. The van der Waals surface area contributed by atoms with Crippen molar-refractivity contribution in [2.75, 3.05) is 11.1 Å². The average Bonchev–Trinajstić information content (AvgIpc) is 2.32. The Labute approximate surface area is 122 Å². The number of nitrogen functional groups attached to an aromatic ring is 1. The van der Waals surface area contributed by atoms with Crippen LogP contribution in [0.5, 0.6) is 0 Å². The van der Waals surface area contributed by atoms with Crippen LogP contribution >= 0.6 is 22.6 Å². The highest BCUT2D eigenvalue weighted by molar-refractivity contribution is 14.1. The Morgan fingerprint density at radius 3 is 2.42 bits per heavy atom. The summed E-state index contributed by atoms with van der Waals surface area (Å²) in [6.07, 6.45) is -4.35. The van der Waals surface area contributed by atoms with Gasteiger partial charge in [-0.2, -0.15) is 13.2 Å². The molecule has 0 amide bonds. The molecule has 2 aromatic rings. The quantitative estimate of drug-likeness (QED) is 0.591. The van der Waals surface area contributed by atoms with Crippen LogP contribution in [0.3, 0.4) is 0 Å². The normalized spacial score (nSPS) is 11.4. The third-order valence-electron chi connectivity index (χ3n) is 2.48. The summed E-state index contributed by atoms with van der Waals surface area (Å²) < 4.78 is 38.7. The Morgan fingerprint density at radius 1 is 1.05 bits per heavy atom. The van der Waals surface area contributed by atoms with Crippen LogP contribution in [0.15, 0.2) is 42.5 Å². The number of hydrogen-bond donors (Lipinski definition) is 2. The highest BCUT2D eigenvalue weighted by Crippen LogP contribution is 2.32. The molecule has 100 valence electrons. The summed E-state index contributed by atoms with van der Waals surface area (Å²) in [5.41, 5.74) is 6.53. The van der Waals surface area contributed by atoms with Crippen molar-refractivity contribution >= 4 is 39.7 Å². The zero-order valence-electron chi connectivity index (χ0n) is 9.63. The Morgan fingerprint density at radius 2 is 1.79 bits per heavy atom. The first-order valence-corrected chi connectivity index (χ1v) is 6.43. The fourth-order valence-electron chi connectivity index (χ4n) is 1.58. The van der Waals surface area contributed by atoms with E-state index in [1.165, 1.54) is 6.07 Å². The van der Waals surface area contributed by atoms with E-state index in [4.69, 9.17) is 5.73 Å². The largest absolute Gasteiger partial charge is 0.416 e. The first-order valence-electron chi connectivity index (χ1n) is 5.35. The molecule has 0 heterocycles. The molecule has 19 heavy (non-hydrogen) atoms. The summed E-state index contributed by atoms with van der Waals surface area (Å²) in [6, 6.07) is 10.3. The predicted octanol–water partition coefficient (Wildman–Crippen LogP) is 4.64. The lowest BCUT2D eigenvalue weighted by Crippen LogP contribution is -2.05. The Bertz CT molecular complexity index is 597. The van der Waals surface area contributed by atoms with Crippen molar-refractivity contribution in [1.82, 2.24) is 0 Å². The second kappa shape index (κ2) is 5.28. The van der Waals surface area contributed by atoms with E-state index < -0.39 is 11.7 Å². The minimum absolute atomic E-state index is 0.350. The van der Waals surface area contributed by atoms with Crippen molar-refractivity contribution in [3.05, 3.63) is 51.6 Å². The van der Waals surface area contributed by atoms with E-state index in [2.05, 4.69) is 27.9 Å². The molecule has 0 radical (unpaired) electrons. The van der Waals surface area contributed by atoms with Crippen LogP contribution in [-0.2, 0) is 6.18 Å². The van der Waals surface area contributed by atoms with E-state index in [1.54, 1.807) is 18.2 Å². The molecule has 3 N–H and O–H groups in total. The molecular formula is C13H10F3IN2. The molecule has 0 fully saturated rings. The monoisotopic (exact) mass is 378 g/mol. The average molecular weight is 378 g/mol. The summed E-state index contributed by atoms with van der Waals surface area (Å²) in [5, 5.41) is 2.88. The maximum Gasteiger partial charge on any atom is 0.416 e. The first kappa shape index (κ1) is 14.0. The molecule has 0 aliphatic heterocycles. The zero-order chi connectivity index (χ0) is 14.0. The van der Waals surface area contributed by atoms with Gasteiger partial charge in [-0.1, -0.05) is 6.07 Å². The van der Waals surface area contributed by atoms with Gasteiger partial charge in [0.2, 0.25) is 0 Å². The number of hydrogen-bond acceptors (Lipinski definition) is 2. The summed E-state index contributed by atoms with van der Waals surface area (Å²) in [7, 11) is 0. The van der Waals surface area contributed by atoms with Gasteiger partial charge in [-0.05, 0) is 59.0 Å². The smallest absolute Gasteiger partial charge is 0.397 e. The van der Waals surface area contributed by atoms with Crippen LogP contribution in [0, 0.1) is 3.57 Å². The van der Waals surface area contributed by atoms with Crippen LogP contribution in [0.4, 0.5) is 30.2 Å². The lowest BCUT2D eigenvalue weighted by atomic mass is 10.2. The summed E-state index contributed by atoms with van der Waals surface area (Å²) in [5.74, 6) is 0. The van der Waals surface area contributed by atoms with Crippen LogP contribution in [0.2, 0.25) is 0 Å². The number of benzene rings is 2. The fourth-order valence-corrected chi connectivity index (χ4v) is 2.09. The molecular weight excluding hydrogens is 368 g/mol. The molecule has 0 atom stereocenters. The molecule has 0 unspecified atom stereocenters. The predicted molar refractivity (Wildman–Crippen MR) is 78.3 cm³/mol. The van der Waals surface area contributed by atoms with Gasteiger partial charge < -0.3 is 11.1 Å². The number of halogens is 4. The van der Waals surface area contributed by atoms with Gasteiger partial charge in [0.05, 0.1) is 16.9 Å². The SMILES string of the molecule is Nc1cc(I)ccc1Nc1cccc(C(F)(F)F)c1. The highest BCUT2D eigenvalue weighted by atomic mass is 127. The summed E-state index contributed by atoms with van der Waals surface area (Å²) in [4.78, 5) is 0. The van der Waals surface area contributed by atoms with Crippen LogP contribution in [0.1, 0.15) is 5.56 Å². The Hall–Kier alpha value is -1.44. The molecule has 2 nitrogen and oxygen atoms in total. The van der Waals surface area contributed by atoms with E-state index in [9.17, 15) is 13.2 Å². The van der Waals surface area contributed by atoms with Gasteiger partial charge in [0.1, 0.15) is 0 Å². The van der Waals surface area contributed by atoms with Crippen molar-refractivity contribution in [2.45, 2.75) is 6.18 Å². The van der Waals surface area contributed by atoms with Gasteiger partial charge in [-0.3, -0.25) is 0 Å². The summed E-state index contributed by atoms with van der Waals surface area (Å²) in [6.45, 7) is 0.